The van der Waals surface area contributed by atoms with Gasteiger partial charge in [-0.2, -0.15) is 0 Å². The number of anilines is 1. The summed E-state index contributed by atoms with van der Waals surface area (Å²) in [5, 5.41) is 0.314. The van der Waals surface area contributed by atoms with E-state index >= 15 is 0 Å². The van der Waals surface area contributed by atoms with Crippen molar-refractivity contribution in [3.63, 3.8) is 0 Å². The second-order valence-electron chi connectivity index (χ2n) is 5.66. The third-order valence-corrected chi connectivity index (χ3v) is 5.40. The van der Waals surface area contributed by atoms with Gasteiger partial charge in [-0.05, 0) is 35.6 Å². The van der Waals surface area contributed by atoms with Gasteiger partial charge in [-0.25, -0.2) is 0 Å². The Balaban J connectivity index is 2.02. The van der Waals surface area contributed by atoms with Crippen molar-refractivity contribution in [2.75, 3.05) is 20.0 Å². The SMILES string of the molecule is COc1ccc(C2CC(=O)c3sc(N)c(C(N)=O)c3C2)cc1OC. The van der Waals surface area contributed by atoms with Crippen molar-refractivity contribution < 1.29 is 19.1 Å². The molecule has 1 aromatic carbocycles. The molecule has 1 aliphatic rings. The fraction of sp³-hybridized carbons (Fsp3) is 0.294. The lowest BCUT2D eigenvalue weighted by Crippen LogP contribution is -2.21. The van der Waals surface area contributed by atoms with E-state index in [0.717, 1.165) is 16.9 Å². The molecule has 0 saturated carbocycles. The molecule has 0 spiro atoms. The highest BCUT2D eigenvalue weighted by Gasteiger charge is 2.33. The van der Waals surface area contributed by atoms with Crippen LogP contribution in [0.15, 0.2) is 18.2 Å². The van der Waals surface area contributed by atoms with Crippen LogP contribution >= 0.6 is 11.3 Å². The smallest absolute Gasteiger partial charge is 0.251 e. The van der Waals surface area contributed by atoms with Crippen LogP contribution in [-0.4, -0.2) is 25.9 Å². The molecule has 0 bridgehead atoms. The van der Waals surface area contributed by atoms with Crippen molar-refractivity contribution in [1.29, 1.82) is 0 Å². The van der Waals surface area contributed by atoms with Gasteiger partial charge in [0, 0.05) is 6.42 Å². The first-order valence-electron chi connectivity index (χ1n) is 7.42. The first kappa shape index (κ1) is 16.3. The third-order valence-electron chi connectivity index (χ3n) is 4.30. The van der Waals surface area contributed by atoms with Gasteiger partial charge in [0.25, 0.3) is 5.91 Å². The number of rotatable bonds is 4. The van der Waals surface area contributed by atoms with E-state index in [4.69, 9.17) is 20.9 Å². The number of carbonyl (C=O) groups excluding carboxylic acids is 2. The lowest BCUT2D eigenvalue weighted by atomic mass is 9.81. The van der Waals surface area contributed by atoms with Gasteiger partial charge < -0.3 is 20.9 Å². The second kappa shape index (κ2) is 6.16. The number of methoxy groups -OCH3 is 2. The van der Waals surface area contributed by atoms with Crippen LogP contribution in [0, 0.1) is 0 Å². The molecule has 1 heterocycles. The summed E-state index contributed by atoms with van der Waals surface area (Å²) in [6, 6.07) is 5.58. The highest BCUT2D eigenvalue weighted by atomic mass is 32.1. The molecule has 1 aliphatic carbocycles. The number of primary amides is 1. The van der Waals surface area contributed by atoms with Crippen molar-refractivity contribution in [2.24, 2.45) is 5.73 Å². The predicted molar refractivity (Wildman–Crippen MR) is 92.2 cm³/mol. The zero-order chi connectivity index (χ0) is 17.4. The molecule has 126 valence electrons. The standard InChI is InChI=1S/C17H18N2O4S/c1-22-12-4-3-8(7-13(12)23-2)9-5-10-14(16(18)21)17(19)24-15(10)11(20)6-9/h3-4,7,9H,5-6,19H2,1-2H3,(H2,18,21). The fourth-order valence-corrected chi connectivity index (χ4v) is 4.20. The van der Waals surface area contributed by atoms with E-state index in [0.29, 0.717) is 39.8 Å². The number of amides is 1. The number of ketones is 1. The van der Waals surface area contributed by atoms with Crippen LogP contribution in [0.4, 0.5) is 5.00 Å². The average molecular weight is 346 g/mol. The van der Waals surface area contributed by atoms with E-state index in [1.165, 1.54) is 0 Å². The predicted octanol–water partition coefficient (Wildman–Crippen LogP) is 2.36. The molecule has 0 saturated heterocycles. The van der Waals surface area contributed by atoms with Gasteiger partial charge in [0.1, 0.15) is 0 Å². The zero-order valence-electron chi connectivity index (χ0n) is 13.4. The summed E-state index contributed by atoms with van der Waals surface area (Å²) in [4.78, 5) is 24.7. The minimum Gasteiger partial charge on any atom is -0.493 e. The lowest BCUT2D eigenvalue weighted by Gasteiger charge is -2.23. The summed E-state index contributed by atoms with van der Waals surface area (Å²) < 4.78 is 10.6. The van der Waals surface area contributed by atoms with Crippen LogP contribution in [0.5, 0.6) is 11.5 Å². The summed E-state index contributed by atoms with van der Waals surface area (Å²) in [5.41, 5.74) is 13.2. The van der Waals surface area contributed by atoms with Crippen molar-refractivity contribution in [3.8, 4) is 11.5 Å². The number of Topliss-reactive ketones (excluding diaryl/α,β-unsaturated/α-hetero) is 1. The van der Waals surface area contributed by atoms with E-state index in [1.807, 2.05) is 18.2 Å². The average Bonchev–Trinajstić information content (AvgIpc) is 2.90. The first-order chi connectivity index (χ1) is 11.5. The highest BCUT2D eigenvalue weighted by molar-refractivity contribution is 7.18. The number of benzene rings is 1. The maximum Gasteiger partial charge on any atom is 0.251 e. The molecule has 0 aliphatic heterocycles. The van der Waals surface area contributed by atoms with Crippen LogP contribution in [-0.2, 0) is 6.42 Å². The molecule has 4 N–H and O–H groups in total. The van der Waals surface area contributed by atoms with Gasteiger partial charge in [0.15, 0.2) is 17.3 Å². The number of thiophene rings is 1. The minimum absolute atomic E-state index is 0.0137. The van der Waals surface area contributed by atoms with Gasteiger partial charge in [0.05, 0.1) is 29.7 Å². The summed E-state index contributed by atoms with van der Waals surface area (Å²) in [6.07, 6.45) is 0.906. The monoisotopic (exact) mass is 346 g/mol. The Hall–Kier alpha value is -2.54. The third kappa shape index (κ3) is 2.60. The molecular weight excluding hydrogens is 328 g/mol. The first-order valence-corrected chi connectivity index (χ1v) is 8.24. The number of nitrogens with two attached hydrogens (primary N) is 2. The number of fused-ring (bicyclic) bond motifs is 1. The van der Waals surface area contributed by atoms with Crippen LogP contribution in [0.1, 0.15) is 43.5 Å². The summed E-state index contributed by atoms with van der Waals surface area (Å²) in [5.74, 6) is 0.567. The minimum atomic E-state index is -0.592. The Morgan fingerprint density at radius 3 is 2.54 bits per heavy atom. The van der Waals surface area contributed by atoms with Crippen molar-refractivity contribution >= 4 is 28.0 Å². The van der Waals surface area contributed by atoms with E-state index in [-0.39, 0.29) is 17.3 Å². The quantitative estimate of drug-likeness (QED) is 0.884. The normalized spacial score (nSPS) is 16.6. The number of nitrogen functional groups attached to an aromatic ring is 1. The van der Waals surface area contributed by atoms with Crippen molar-refractivity contribution in [2.45, 2.75) is 18.8 Å². The highest BCUT2D eigenvalue weighted by Crippen LogP contribution is 2.42. The van der Waals surface area contributed by atoms with Gasteiger partial charge in [-0.1, -0.05) is 6.07 Å². The number of ether oxygens (including phenoxy) is 2. The molecule has 3 rings (SSSR count). The molecule has 0 radical (unpaired) electrons. The Bertz CT molecular complexity index is 828. The molecule has 7 heteroatoms. The molecule has 1 aromatic heterocycles. The van der Waals surface area contributed by atoms with Gasteiger partial charge in [0.2, 0.25) is 0 Å². The molecule has 1 amide bonds. The maximum atomic E-state index is 12.5. The number of carbonyl (C=O) groups is 2. The topological polar surface area (TPSA) is 105 Å². The Kier molecular flexibility index (Phi) is 4.19. The number of hydrogen-bond donors (Lipinski definition) is 2. The van der Waals surface area contributed by atoms with Crippen molar-refractivity contribution in [3.05, 3.63) is 39.8 Å². The molecule has 1 atom stereocenters. The van der Waals surface area contributed by atoms with E-state index < -0.39 is 5.91 Å². The zero-order valence-corrected chi connectivity index (χ0v) is 14.2. The van der Waals surface area contributed by atoms with Gasteiger partial charge >= 0.3 is 0 Å². The molecule has 1 unspecified atom stereocenters. The van der Waals surface area contributed by atoms with Crippen LogP contribution in [0.3, 0.4) is 0 Å². The molecule has 6 nitrogen and oxygen atoms in total. The fourth-order valence-electron chi connectivity index (χ4n) is 3.15. The molecule has 24 heavy (non-hydrogen) atoms. The Morgan fingerprint density at radius 2 is 1.92 bits per heavy atom. The molecule has 2 aromatic rings. The van der Waals surface area contributed by atoms with Gasteiger partial charge in [-0.3, -0.25) is 9.59 Å². The van der Waals surface area contributed by atoms with Crippen molar-refractivity contribution in [1.82, 2.24) is 0 Å². The van der Waals surface area contributed by atoms with E-state index in [2.05, 4.69) is 0 Å². The number of hydrogen-bond acceptors (Lipinski definition) is 6. The maximum absolute atomic E-state index is 12.5. The Labute approximate surface area is 143 Å². The van der Waals surface area contributed by atoms with Crippen LogP contribution < -0.4 is 20.9 Å². The van der Waals surface area contributed by atoms with Gasteiger partial charge in [-0.15, -0.1) is 11.3 Å². The second-order valence-corrected chi connectivity index (χ2v) is 6.71. The van der Waals surface area contributed by atoms with E-state index in [1.54, 1.807) is 14.2 Å². The summed E-state index contributed by atoms with van der Waals surface area (Å²) >= 11 is 1.15. The van der Waals surface area contributed by atoms with Crippen LogP contribution in [0.2, 0.25) is 0 Å². The molecular formula is C17H18N2O4S. The largest absolute Gasteiger partial charge is 0.493 e. The summed E-state index contributed by atoms with van der Waals surface area (Å²) in [6.45, 7) is 0. The Morgan fingerprint density at radius 1 is 1.21 bits per heavy atom. The molecule has 0 fully saturated rings. The lowest BCUT2D eigenvalue weighted by molar-refractivity contribution is 0.0968. The summed E-state index contributed by atoms with van der Waals surface area (Å²) in [7, 11) is 3.14. The van der Waals surface area contributed by atoms with Crippen LogP contribution in [0.25, 0.3) is 0 Å². The van der Waals surface area contributed by atoms with E-state index in [9.17, 15) is 9.59 Å².